The fourth-order valence-corrected chi connectivity index (χ4v) is 4.03. The summed E-state index contributed by atoms with van der Waals surface area (Å²) in [5.74, 6) is 0.833. The van der Waals surface area contributed by atoms with Crippen molar-refractivity contribution in [3.63, 3.8) is 0 Å². The van der Waals surface area contributed by atoms with E-state index in [0.717, 1.165) is 12.8 Å². The van der Waals surface area contributed by atoms with Gasteiger partial charge in [-0.3, -0.25) is 14.5 Å². The highest BCUT2D eigenvalue weighted by Gasteiger charge is 2.21. The van der Waals surface area contributed by atoms with Crippen LogP contribution < -0.4 is 20.1 Å². The second-order valence-corrected chi connectivity index (χ2v) is 7.82. The lowest BCUT2D eigenvalue weighted by Crippen LogP contribution is -2.39. The van der Waals surface area contributed by atoms with Crippen molar-refractivity contribution < 1.29 is 19.1 Å². The van der Waals surface area contributed by atoms with Crippen molar-refractivity contribution in [2.75, 3.05) is 31.0 Å². The molecule has 7 nitrogen and oxygen atoms in total. The van der Waals surface area contributed by atoms with Crippen molar-refractivity contribution in [2.45, 2.75) is 38.1 Å². The molecule has 2 aliphatic rings. The molecule has 2 aromatic carbocycles. The first-order chi connectivity index (χ1) is 14.6. The van der Waals surface area contributed by atoms with Crippen molar-refractivity contribution in [2.24, 2.45) is 0 Å². The van der Waals surface area contributed by atoms with E-state index >= 15 is 0 Å². The summed E-state index contributed by atoms with van der Waals surface area (Å²) < 4.78 is 10.6. The number of fused-ring (bicyclic) bond motifs is 1. The largest absolute Gasteiger partial charge is 0.454 e. The van der Waals surface area contributed by atoms with E-state index in [4.69, 9.17) is 9.47 Å². The number of anilines is 2. The Balaban J connectivity index is 1.40. The average molecular weight is 409 g/mol. The minimum atomic E-state index is -0.301. The van der Waals surface area contributed by atoms with Crippen LogP contribution in [0.1, 0.15) is 42.5 Å². The van der Waals surface area contributed by atoms with Gasteiger partial charge in [0.05, 0.1) is 17.8 Å². The number of nitrogens with zero attached hydrogens (tertiary/aromatic N) is 1. The maximum Gasteiger partial charge on any atom is 0.257 e. The molecule has 7 heteroatoms. The first-order valence-corrected chi connectivity index (χ1v) is 10.4. The molecule has 2 aromatic rings. The molecular formula is C23H27N3O4. The Morgan fingerprint density at radius 3 is 2.60 bits per heavy atom. The molecule has 1 fully saturated rings. The molecule has 1 saturated carbocycles. The molecule has 2 N–H and O–H groups in total. The maximum atomic E-state index is 12.8. The molecule has 0 atom stereocenters. The number of likely N-dealkylation sites (N-methyl/N-ethyl adjacent to an activating group) is 1. The lowest BCUT2D eigenvalue weighted by molar-refractivity contribution is -0.117. The second kappa shape index (κ2) is 9.17. The molecule has 2 amide bonds. The van der Waals surface area contributed by atoms with Gasteiger partial charge >= 0.3 is 0 Å². The number of benzene rings is 2. The Kier molecular flexibility index (Phi) is 6.18. The Labute approximate surface area is 176 Å². The lowest BCUT2D eigenvalue weighted by atomic mass is 9.94. The van der Waals surface area contributed by atoms with Crippen molar-refractivity contribution in [1.82, 2.24) is 4.90 Å². The third-order valence-electron chi connectivity index (χ3n) is 5.67. The van der Waals surface area contributed by atoms with Crippen LogP contribution in [0.3, 0.4) is 0 Å². The van der Waals surface area contributed by atoms with Crippen molar-refractivity contribution in [3.05, 3.63) is 48.0 Å². The third-order valence-corrected chi connectivity index (χ3v) is 5.67. The fraction of sp³-hybridized carbons (Fsp3) is 0.391. The van der Waals surface area contributed by atoms with E-state index in [-0.39, 0.29) is 18.6 Å². The number of nitrogens with one attached hydrogen (secondary N) is 2. The Morgan fingerprint density at radius 1 is 1.00 bits per heavy atom. The number of hydrogen-bond donors (Lipinski definition) is 2. The normalized spacial score (nSPS) is 15.8. The van der Waals surface area contributed by atoms with Crippen LogP contribution in [0.15, 0.2) is 42.5 Å². The molecule has 0 bridgehead atoms. The molecule has 1 aliphatic carbocycles. The Bertz CT molecular complexity index is 924. The third kappa shape index (κ3) is 4.74. The Hall–Kier alpha value is -3.06. The van der Waals surface area contributed by atoms with E-state index in [2.05, 4.69) is 15.5 Å². The number of carbonyl (C=O) groups excluding carboxylic acids is 2. The summed E-state index contributed by atoms with van der Waals surface area (Å²) in [5.41, 5.74) is 1.50. The van der Waals surface area contributed by atoms with E-state index in [1.165, 1.54) is 19.3 Å². The average Bonchev–Trinajstić information content (AvgIpc) is 3.22. The number of amides is 2. The maximum absolute atomic E-state index is 12.8. The monoisotopic (exact) mass is 409 g/mol. The van der Waals surface area contributed by atoms with Gasteiger partial charge in [-0.1, -0.05) is 31.4 Å². The molecule has 0 unspecified atom stereocenters. The summed E-state index contributed by atoms with van der Waals surface area (Å²) in [4.78, 5) is 27.6. The molecular weight excluding hydrogens is 382 g/mol. The summed E-state index contributed by atoms with van der Waals surface area (Å²) in [6.45, 7) is 0.486. The smallest absolute Gasteiger partial charge is 0.257 e. The van der Waals surface area contributed by atoms with Gasteiger partial charge in [0.25, 0.3) is 5.91 Å². The van der Waals surface area contributed by atoms with Gasteiger partial charge in [0.15, 0.2) is 11.5 Å². The Morgan fingerprint density at radius 2 is 1.77 bits per heavy atom. The van der Waals surface area contributed by atoms with Crippen molar-refractivity contribution in [3.8, 4) is 11.5 Å². The minimum Gasteiger partial charge on any atom is -0.454 e. The molecule has 0 spiro atoms. The number of rotatable bonds is 6. The summed E-state index contributed by atoms with van der Waals surface area (Å²) in [6, 6.07) is 12.7. The van der Waals surface area contributed by atoms with E-state index in [1.807, 2.05) is 7.05 Å². The minimum absolute atomic E-state index is 0.119. The molecule has 4 rings (SSSR count). The number of hydrogen-bond acceptors (Lipinski definition) is 5. The summed E-state index contributed by atoms with van der Waals surface area (Å²) in [7, 11) is 1.99. The van der Waals surface area contributed by atoms with Gasteiger partial charge in [0.1, 0.15) is 0 Å². The van der Waals surface area contributed by atoms with Crippen LogP contribution in [-0.4, -0.2) is 43.1 Å². The van der Waals surface area contributed by atoms with Crippen LogP contribution in [0.4, 0.5) is 11.4 Å². The van der Waals surface area contributed by atoms with Crippen LogP contribution in [0.2, 0.25) is 0 Å². The first kappa shape index (κ1) is 20.2. The zero-order valence-corrected chi connectivity index (χ0v) is 17.1. The van der Waals surface area contributed by atoms with Crippen LogP contribution in [-0.2, 0) is 4.79 Å². The predicted octanol–water partition coefficient (Wildman–Crippen LogP) is 3.87. The van der Waals surface area contributed by atoms with E-state index in [0.29, 0.717) is 41.0 Å². The van der Waals surface area contributed by atoms with Crippen LogP contribution >= 0.6 is 0 Å². The van der Waals surface area contributed by atoms with Crippen molar-refractivity contribution >= 4 is 23.2 Å². The zero-order chi connectivity index (χ0) is 20.9. The van der Waals surface area contributed by atoms with Crippen LogP contribution in [0.5, 0.6) is 11.5 Å². The van der Waals surface area contributed by atoms with Gasteiger partial charge in [0.2, 0.25) is 12.7 Å². The highest BCUT2D eigenvalue weighted by atomic mass is 16.7. The first-order valence-electron chi connectivity index (χ1n) is 10.4. The topological polar surface area (TPSA) is 79.9 Å². The molecule has 0 radical (unpaired) electrons. The van der Waals surface area contributed by atoms with Gasteiger partial charge in [-0.2, -0.15) is 0 Å². The standard InChI is InChI=1S/C23H27N3O4/c1-26(17-7-3-2-4-8-17)14-22(27)25-19-10-6-5-9-18(19)23(28)24-16-11-12-20-21(13-16)30-15-29-20/h5-6,9-13,17H,2-4,7-8,14-15H2,1H3,(H,24,28)(H,25,27). The van der Waals surface area contributed by atoms with Crippen LogP contribution in [0, 0.1) is 0 Å². The van der Waals surface area contributed by atoms with Gasteiger partial charge in [-0.05, 0) is 44.2 Å². The van der Waals surface area contributed by atoms with E-state index < -0.39 is 0 Å². The number of para-hydroxylation sites is 1. The zero-order valence-electron chi connectivity index (χ0n) is 17.1. The van der Waals surface area contributed by atoms with Crippen molar-refractivity contribution in [1.29, 1.82) is 0 Å². The molecule has 158 valence electrons. The summed E-state index contributed by atoms with van der Waals surface area (Å²) in [5, 5.41) is 5.76. The fourth-order valence-electron chi connectivity index (χ4n) is 4.03. The highest BCUT2D eigenvalue weighted by Crippen LogP contribution is 2.34. The summed E-state index contributed by atoms with van der Waals surface area (Å²) in [6.07, 6.45) is 6.00. The molecule has 30 heavy (non-hydrogen) atoms. The number of carbonyl (C=O) groups is 2. The molecule has 1 aliphatic heterocycles. The van der Waals surface area contributed by atoms with Gasteiger partial charge in [0, 0.05) is 17.8 Å². The number of ether oxygens (including phenoxy) is 2. The van der Waals surface area contributed by atoms with E-state index in [9.17, 15) is 9.59 Å². The van der Waals surface area contributed by atoms with E-state index in [1.54, 1.807) is 42.5 Å². The van der Waals surface area contributed by atoms with Gasteiger partial charge in [-0.25, -0.2) is 0 Å². The van der Waals surface area contributed by atoms with Gasteiger partial charge < -0.3 is 20.1 Å². The predicted molar refractivity (Wildman–Crippen MR) is 115 cm³/mol. The molecule has 1 heterocycles. The SMILES string of the molecule is CN(CC(=O)Nc1ccccc1C(=O)Nc1ccc2c(c1)OCO2)C1CCCCC1. The summed E-state index contributed by atoms with van der Waals surface area (Å²) >= 11 is 0. The van der Waals surface area contributed by atoms with Gasteiger partial charge in [-0.15, -0.1) is 0 Å². The lowest BCUT2D eigenvalue weighted by Gasteiger charge is -2.30. The van der Waals surface area contributed by atoms with Crippen LogP contribution in [0.25, 0.3) is 0 Å². The molecule has 0 aromatic heterocycles. The molecule has 0 saturated heterocycles. The quantitative estimate of drug-likeness (QED) is 0.757. The highest BCUT2D eigenvalue weighted by molar-refractivity contribution is 6.10. The second-order valence-electron chi connectivity index (χ2n) is 7.82.